The Balaban J connectivity index is 3.39. The van der Waals surface area contributed by atoms with E-state index < -0.39 is 10.9 Å². The van der Waals surface area contributed by atoms with Crippen molar-refractivity contribution in [2.45, 2.75) is 13.8 Å². The lowest BCUT2D eigenvalue weighted by molar-refractivity contribution is -0.389. The molecule has 0 fully saturated rings. The summed E-state index contributed by atoms with van der Waals surface area (Å²) in [5.41, 5.74) is 0.207. The quantitative estimate of drug-likeness (QED) is 0.511. The van der Waals surface area contributed by atoms with Gasteiger partial charge >= 0.3 is 5.82 Å². The first-order valence-corrected chi connectivity index (χ1v) is 3.50. The van der Waals surface area contributed by atoms with E-state index in [2.05, 4.69) is 4.98 Å². The number of rotatable bonds is 2. The number of aromatic nitrogens is 1. The number of nitro groups is 1. The van der Waals surface area contributed by atoms with Crippen LogP contribution in [-0.4, -0.2) is 15.9 Å². The highest BCUT2D eigenvalue weighted by molar-refractivity contribution is 5.90. The molecule has 1 aromatic heterocycles. The third-order valence-electron chi connectivity index (χ3n) is 1.80. The molecule has 13 heavy (non-hydrogen) atoms. The second kappa shape index (κ2) is 2.89. The number of nitrogens with zero attached hydrogens (tertiary/aromatic N) is 1. The van der Waals surface area contributed by atoms with Crippen LogP contribution in [0.1, 0.15) is 21.6 Å². The molecule has 1 aromatic rings. The first kappa shape index (κ1) is 9.24. The van der Waals surface area contributed by atoms with Gasteiger partial charge in [0.25, 0.3) is 0 Å². The Morgan fingerprint density at radius 1 is 1.46 bits per heavy atom. The molecule has 0 atom stereocenters. The van der Waals surface area contributed by atoms with Crippen molar-refractivity contribution in [1.29, 1.82) is 0 Å². The summed E-state index contributed by atoms with van der Waals surface area (Å²) in [6, 6.07) is 0. The number of aryl methyl sites for hydroxylation is 1. The lowest BCUT2D eigenvalue weighted by Crippen LogP contribution is -2.23. The molecule has 0 radical (unpaired) electrons. The van der Waals surface area contributed by atoms with Crippen molar-refractivity contribution >= 4 is 11.8 Å². The smallest absolute Gasteiger partial charge is 0.324 e. The maximum absolute atomic E-state index is 10.5. The number of hydrogen-bond donors (Lipinski definition) is 1. The van der Waals surface area contributed by atoms with Crippen molar-refractivity contribution in [2.24, 2.45) is 0 Å². The Morgan fingerprint density at radius 3 is 2.23 bits per heavy atom. The fraction of sp³-hybridized carbons (Fsp3) is 0.286. The molecule has 0 aliphatic carbocycles. The van der Waals surface area contributed by atoms with Gasteiger partial charge in [-0.05, 0) is 18.8 Å². The fourth-order valence-corrected chi connectivity index (χ4v) is 1.22. The van der Waals surface area contributed by atoms with E-state index in [-0.39, 0.29) is 22.6 Å². The van der Waals surface area contributed by atoms with Crippen molar-refractivity contribution in [3.8, 4) is 0 Å². The number of H-pyrrole nitrogens is 1. The van der Waals surface area contributed by atoms with E-state index in [9.17, 15) is 20.0 Å². The summed E-state index contributed by atoms with van der Waals surface area (Å²) >= 11 is 0. The van der Waals surface area contributed by atoms with E-state index in [0.29, 0.717) is 0 Å². The Bertz CT molecular complexity index is 380. The number of carbonyl (C=O) groups is 1. The molecule has 0 spiro atoms. The summed E-state index contributed by atoms with van der Waals surface area (Å²) in [5, 5.41) is 20.9. The zero-order chi connectivity index (χ0) is 10.2. The second-order valence-electron chi connectivity index (χ2n) is 2.64. The van der Waals surface area contributed by atoms with Crippen LogP contribution in [0.5, 0.6) is 0 Å². The zero-order valence-corrected chi connectivity index (χ0v) is 7.08. The van der Waals surface area contributed by atoms with Gasteiger partial charge in [-0.3, -0.25) is 0 Å². The summed E-state index contributed by atoms with van der Waals surface area (Å²) in [6.45, 7) is 2.82. The van der Waals surface area contributed by atoms with Gasteiger partial charge in [-0.1, -0.05) is 0 Å². The van der Waals surface area contributed by atoms with Crippen molar-refractivity contribution in [1.82, 2.24) is 4.98 Å². The Hall–Kier alpha value is -1.85. The number of carbonyl (C=O) groups excluding carboxylic acids is 1. The number of aromatic carboxylic acids is 1. The SMILES string of the molecule is Cc1[nH]c([N+](=O)[O-])c(C)c1C(=O)[O-]. The predicted molar refractivity (Wildman–Crippen MR) is 41.3 cm³/mol. The zero-order valence-electron chi connectivity index (χ0n) is 7.08. The fourth-order valence-electron chi connectivity index (χ4n) is 1.22. The van der Waals surface area contributed by atoms with Crippen molar-refractivity contribution in [2.75, 3.05) is 0 Å². The van der Waals surface area contributed by atoms with Gasteiger partial charge in [0.2, 0.25) is 0 Å². The van der Waals surface area contributed by atoms with E-state index in [1.807, 2.05) is 0 Å². The number of carboxylic acid groups (broad SMARTS) is 1. The molecule has 0 unspecified atom stereocenters. The first-order valence-electron chi connectivity index (χ1n) is 3.50. The highest BCUT2D eigenvalue weighted by atomic mass is 16.6. The highest BCUT2D eigenvalue weighted by Gasteiger charge is 2.19. The predicted octanol–water partition coefficient (Wildman–Crippen LogP) is -0.0968. The molecule has 0 saturated heterocycles. The van der Waals surface area contributed by atoms with Crippen LogP contribution in [0.3, 0.4) is 0 Å². The molecule has 1 N–H and O–H groups in total. The maximum Gasteiger partial charge on any atom is 0.324 e. The minimum atomic E-state index is -1.40. The van der Waals surface area contributed by atoms with Gasteiger partial charge in [-0.2, -0.15) is 0 Å². The van der Waals surface area contributed by atoms with Crippen LogP contribution in [0.4, 0.5) is 5.82 Å². The topological polar surface area (TPSA) is 99.1 Å². The lowest BCUT2D eigenvalue weighted by Gasteiger charge is -1.99. The summed E-state index contributed by atoms with van der Waals surface area (Å²) < 4.78 is 0. The number of aromatic amines is 1. The van der Waals surface area contributed by atoms with Gasteiger partial charge in [-0.25, -0.2) is 4.98 Å². The van der Waals surface area contributed by atoms with Crippen molar-refractivity contribution < 1.29 is 14.8 Å². The minimum Gasteiger partial charge on any atom is -0.545 e. The molecule has 0 aliphatic rings. The van der Waals surface area contributed by atoms with Crippen LogP contribution < -0.4 is 5.11 Å². The van der Waals surface area contributed by atoms with Gasteiger partial charge < -0.3 is 20.0 Å². The average molecular weight is 183 g/mol. The summed E-state index contributed by atoms with van der Waals surface area (Å²) in [6.07, 6.45) is 0. The second-order valence-corrected chi connectivity index (χ2v) is 2.64. The molecule has 0 aromatic carbocycles. The van der Waals surface area contributed by atoms with Crippen LogP contribution >= 0.6 is 0 Å². The van der Waals surface area contributed by atoms with Crippen LogP contribution in [-0.2, 0) is 0 Å². The highest BCUT2D eigenvalue weighted by Crippen LogP contribution is 2.22. The largest absolute Gasteiger partial charge is 0.545 e. The molecule has 6 nitrogen and oxygen atoms in total. The van der Waals surface area contributed by atoms with Crippen LogP contribution in [0.15, 0.2) is 0 Å². The summed E-state index contributed by atoms with van der Waals surface area (Å²) in [7, 11) is 0. The molecule has 0 aliphatic heterocycles. The molecule has 0 saturated carbocycles. The molecule has 70 valence electrons. The van der Waals surface area contributed by atoms with Gasteiger partial charge in [0.1, 0.15) is 5.69 Å². The van der Waals surface area contributed by atoms with Gasteiger partial charge in [0.15, 0.2) is 0 Å². The van der Waals surface area contributed by atoms with E-state index in [1.165, 1.54) is 13.8 Å². The molecule has 0 bridgehead atoms. The Morgan fingerprint density at radius 2 is 2.00 bits per heavy atom. The average Bonchev–Trinajstić information content (AvgIpc) is 2.26. The van der Waals surface area contributed by atoms with Gasteiger partial charge in [0.05, 0.1) is 17.1 Å². The van der Waals surface area contributed by atoms with Crippen LogP contribution in [0.25, 0.3) is 0 Å². The van der Waals surface area contributed by atoms with Crippen molar-refractivity contribution in [3.05, 3.63) is 26.9 Å². The molecule has 6 heteroatoms. The van der Waals surface area contributed by atoms with Crippen molar-refractivity contribution in [3.63, 3.8) is 0 Å². The summed E-state index contributed by atoms with van der Waals surface area (Å²) in [4.78, 5) is 22.6. The number of nitrogens with one attached hydrogen (secondary N) is 1. The van der Waals surface area contributed by atoms with E-state index in [1.54, 1.807) is 0 Å². The van der Waals surface area contributed by atoms with E-state index >= 15 is 0 Å². The monoisotopic (exact) mass is 183 g/mol. The summed E-state index contributed by atoms with van der Waals surface area (Å²) in [5.74, 6) is -1.70. The number of carboxylic acids is 1. The third kappa shape index (κ3) is 1.37. The van der Waals surface area contributed by atoms with Gasteiger partial charge in [-0.15, -0.1) is 0 Å². The molecular formula is C7H7N2O4-. The van der Waals surface area contributed by atoms with E-state index in [0.717, 1.165) is 0 Å². The standard InChI is InChI=1S/C7H8N2O4/c1-3-5(7(10)11)4(2)8-6(3)9(12)13/h8H,1-2H3,(H,10,11)/p-1. The Labute approximate surface area is 73.3 Å². The van der Waals surface area contributed by atoms with Gasteiger partial charge in [0, 0.05) is 0 Å². The first-order chi connectivity index (χ1) is 5.95. The van der Waals surface area contributed by atoms with Crippen LogP contribution in [0.2, 0.25) is 0 Å². The Kier molecular flexibility index (Phi) is 2.05. The van der Waals surface area contributed by atoms with E-state index in [4.69, 9.17) is 0 Å². The molecule has 1 rings (SSSR count). The number of hydrogen-bond acceptors (Lipinski definition) is 4. The molecule has 1 heterocycles. The normalized spacial score (nSPS) is 10.0. The minimum absolute atomic E-state index is 0.0995. The lowest BCUT2D eigenvalue weighted by atomic mass is 10.1. The third-order valence-corrected chi connectivity index (χ3v) is 1.80. The maximum atomic E-state index is 10.5. The molecule has 0 amide bonds. The molecular weight excluding hydrogens is 176 g/mol. The van der Waals surface area contributed by atoms with Crippen LogP contribution in [0, 0.1) is 24.0 Å².